The van der Waals surface area contributed by atoms with Crippen molar-refractivity contribution in [3.63, 3.8) is 0 Å². The van der Waals surface area contributed by atoms with Crippen LogP contribution in [0.15, 0.2) is 0 Å². The van der Waals surface area contributed by atoms with Gasteiger partial charge in [0.05, 0.1) is 5.92 Å². The third-order valence-corrected chi connectivity index (χ3v) is 4.17. The molecule has 0 radical (unpaired) electrons. The number of carbonyl (C=O) groups excluding carboxylic acids is 1. The maximum atomic E-state index is 11.8. The first-order valence-electron chi connectivity index (χ1n) is 6.31. The lowest BCUT2D eigenvalue weighted by Crippen LogP contribution is -2.36. The summed E-state index contributed by atoms with van der Waals surface area (Å²) in [6.07, 6.45) is 5.03. The number of rotatable bonds is 6. The lowest BCUT2D eigenvalue weighted by molar-refractivity contribution is -0.144. The molecule has 0 spiro atoms. The zero-order chi connectivity index (χ0) is 13.5. The number of aliphatic carboxylic acids is 1. The topological polar surface area (TPSA) is 83.5 Å². The van der Waals surface area contributed by atoms with E-state index in [9.17, 15) is 13.8 Å². The van der Waals surface area contributed by atoms with Crippen molar-refractivity contribution < 1.29 is 18.9 Å². The van der Waals surface area contributed by atoms with Crippen LogP contribution in [0.5, 0.6) is 0 Å². The second-order valence-electron chi connectivity index (χ2n) is 4.82. The van der Waals surface area contributed by atoms with Gasteiger partial charge in [0.15, 0.2) is 0 Å². The van der Waals surface area contributed by atoms with Gasteiger partial charge in [0.1, 0.15) is 0 Å². The van der Waals surface area contributed by atoms with Crippen LogP contribution in [-0.4, -0.2) is 39.7 Å². The summed E-state index contributed by atoms with van der Waals surface area (Å²) in [4.78, 5) is 22.7. The van der Waals surface area contributed by atoms with Crippen LogP contribution in [0.3, 0.4) is 0 Å². The van der Waals surface area contributed by atoms with Crippen LogP contribution in [0.2, 0.25) is 0 Å². The fourth-order valence-electron chi connectivity index (χ4n) is 2.28. The van der Waals surface area contributed by atoms with E-state index < -0.39 is 16.8 Å². The molecule has 6 heteroatoms. The minimum absolute atomic E-state index is 0.0529. The second-order valence-corrected chi connectivity index (χ2v) is 6.38. The maximum absolute atomic E-state index is 11.8. The summed E-state index contributed by atoms with van der Waals surface area (Å²) in [5.74, 6) is -0.816. The molecule has 1 rings (SSSR count). The van der Waals surface area contributed by atoms with Gasteiger partial charge in [-0.05, 0) is 25.7 Å². The third-order valence-electron chi connectivity index (χ3n) is 3.30. The Kier molecular flexibility index (Phi) is 6.32. The predicted octanol–water partition coefficient (Wildman–Crippen LogP) is 0.762. The summed E-state index contributed by atoms with van der Waals surface area (Å²) in [7, 11) is -0.826. The summed E-state index contributed by atoms with van der Waals surface area (Å²) in [6, 6.07) is 0. The van der Waals surface area contributed by atoms with Crippen molar-refractivity contribution in [3.8, 4) is 0 Å². The molecule has 0 bridgehead atoms. The highest BCUT2D eigenvalue weighted by Gasteiger charge is 2.30. The number of hydrogen-bond acceptors (Lipinski definition) is 3. The van der Waals surface area contributed by atoms with Gasteiger partial charge < -0.3 is 10.4 Å². The van der Waals surface area contributed by atoms with E-state index in [0.29, 0.717) is 31.6 Å². The molecule has 0 heterocycles. The van der Waals surface area contributed by atoms with E-state index in [2.05, 4.69) is 5.32 Å². The van der Waals surface area contributed by atoms with Gasteiger partial charge in [-0.1, -0.05) is 6.42 Å². The lowest BCUT2D eigenvalue weighted by Gasteiger charge is -2.25. The first-order chi connectivity index (χ1) is 8.50. The van der Waals surface area contributed by atoms with Crippen molar-refractivity contribution in [2.24, 2.45) is 11.8 Å². The van der Waals surface area contributed by atoms with E-state index in [1.54, 1.807) is 6.26 Å². The van der Waals surface area contributed by atoms with E-state index in [-0.39, 0.29) is 17.7 Å². The predicted molar refractivity (Wildman–Crippen MR) is 69.6 cm³/mol. The van der Waals surface area contributed by atoms with Gasteiger partial charge >= 0.3 is 5.97 Å². The van der Waals surface area contributed by atoms with Gasteiger partial charge in [0, 0.05) is 35.3 Å². The molecule has 1 fully saturated rings. The number of nitrogens with one attached hydrogen (secondary N) is 1. The Labute approximate surface area is 110 Å². The van der Waals surface area contributed by atoms with E-state index in [1.165, 1.54) is 0 Å². The van der Waals surface area contributed by atoms with Crippen LogP contribution in [0.25, 0.3) is 0 Å². The van der Waals surface area contributed by atoms with Crippen LogP contribution in [0.4, 0.5) is 0 Å². The standard InChI is InChI=1S/C12H21NO4S/c1-18(17)7-3-6-13-11(14)9-4-2-5-10(8-9)12(15)16/h9-10H,2-8H2,1H3,(H,13,14)(H,15,16). The quantitative estimate of drug-likeness (QED) is 0.701. The van der Waals surface area contributed by atoms with Crippen molar-refractivity contribution in [1.29, 1.82) is 0 Å². The van der Waals surface area contributed by atoms with Crippen molar-refractivity contribution >= 4 is 22.7 Å². The number of amides is 1. The molecule has 1 saturated carbocycles. The smallest absolute Gasteiger partial charge is 0.306 e. The molecule has 0 aromatic carbocycles. The van der Waals surface area contributed by atoms with E-state index in [4.69, 9.17) is 5.11 Å². The van der Waals surface area contributed by atoms with Crippen LogP contribution in [0.1, 0.15) is 32.1 Å². The fraction of sp³-hybridized carbons (Fsp3) is 0.833. The number of carboxylic acid groups (broad SMARTS) is 1. The normalized spacial score (nSPS) is 25.4. The zero-order valence-electron chi connectivity index (χ0n) is 10.7. The Morgan fingerprint density at radius 3 is 2.61 bits per heavy atom. The summed E-state index contributed by atoms with van der Waals surface area (Å²) in [6.45, 7) is 0.520. The highest BCUT2D eigenvalue weighted by atomic mass is 32.2. The number of carbonyl (C=O) groups is 2. The molecule has 1 amide bonds. The molecule has 3 unspecified atom stereocenters. The molecule has 5 nitrogen and oxygen atoms in total. The molecular formula is C12H21NO4S. The van der Waals surface area contributed by atoms with Gasteiger partial charge in [-0.2, -0.15) is 0 Å². The largest absolute Gasteiger partial charge is 0.481 e. The van der Waals surface area contributed by atoms with Crippen molar-refractivity contribution in [2.45, 2.75) is 32.1 Å². The number of hydrogen-bond donors (Lipinski definition) is 2. The fourth-order valence-corrected chi connectivity index (χ4v) is 2.83. The maximum Gasteiger partial charge on any atom is 0.306 e. The number of carboxylic acids is 1. The molecule has 0 aliphatic heterocycles. The summed E-state index contributed by atoms with van der Waals surface area (Å²) < 4.78 is 10.8. The zero-order valence-corrected chi connectivity index (χ0v) is 11.5. The highest BCUT2D eigenvalue weighted by molar-refractivity contribution is 7.84. The molecule has 2 N–H and O–H groups in total. The molecule has 0 aromatic heterocycles. The molecule has 1 aliphatic rings. The average molecular weight is 275 g/mol. The minimum Gasteiger partial charge on any atom is -0.481 e. The van der Waals surface area contributed by atoms with Gasteiger partial charge in [-0.15, -0.1) is 0 Å². The molecule has 104 valence electrons. The SMILES string of the molecule is CS(=O)CCCNC(=O)C1CCCC(C(=O)O)C1. The first kappa shape index (κ1) is 15.1. The molecule has 18 heavy (non-hydrogen) atoms. The van der Waals surface area contributed by atoms with Crippen LogP contribution < -0.4 is 5.32 Å². The Balaban J connectivity index is 2.28. The Morgan fingerprint density at radius 2 is 2.00 bits per heavy atom. The molecule has 0 saturated heterocycles. The third kappa shape index (κ3) is 5.16. The van der Waals surface area contributed by atoms with E-state index in [0.717, 1.165) is 12.8 Å². The molecular weight excluding hydrogens is 254 g/mol. The van der Waals surface area contributed by atoms with Crippen LogP contribution in [0, 0.1) is 11.8 Å². The average Bonchev–Trinajstić information content (AvgIpc) is 2.34. The molecule has 1 aliphatic carbocycles. The molecule has 0 aromatic rings. The van der Waals surface area contributed by atoms with E-state index in [1.807, 2.05) is 0 Å². The van der Waals surface area contributed by atoms with Crippen LogP contribution >= 0.6 is 0 Å². The first-order valence-corrected chi connectivity index (χ1v) is 8.04. The Morgan fingerprint density at radius 1 is 1.33 bits per heavy atom. The van der Waals surface area contributed by atoms with Gasteiger partial charge in [0.2, 0.25) is 5.91 Å². The van der Waals surface area contributed by atoms with Gasteiger partial charge in [0.25, 0.3) is 0 Å². The van der Waals surface area contributed by atoms with Crippen molar-refractivity contribution in [1.82, 2.24) is 5.32 Å². The van der Waals surface area contributed by atoms with Crippen molar-refractivity contribution in [2.75, 3.05) is 18.6 Å². The monoisotopic (exact) mass is 275 g/mol. The second kappa shape index (κ2) is 7.51. The molecule has 3 atom stereocenters. The lowest BCUT2D eigenvalue weighted by atomic mass is 9.81. The summed E-state index contributed by atoms with van der Waals surface area (Å²) >= 11 is 0. The summed E-state index contributed by atoms with van der Waals surface area (Å²) in [5, 5.41) is 11.7. The minimum atomic E-state index is -0.826. The van der Waals surface area contributed by atoms with E-state index >= 15 is 0 Å². The summed E-state index contributed by atoms with van der Waals surface area (Å²) in [5.41, 5.74) is 0. The Hall–Kier alpha value is -0.910. The van der Waals surface area contributed by atoms with Gasteiger partial charge in [-0.25, -0.2) is 0 Å². The van der Waals surface area contributed by atoms with Crippen molar-refractivity contribution in [3.05, 3.63) is 0 Å². The Bertz CT molecular complexity index is 332. The van der Waals surface area contributed by atoms with Gasteiger partial charge in [-0.3, -0.25) is 13.8 Å². The highest BCUT2D eigenvalue weighted by Crippen LogP contribution is 2.29. The van der Waals surface area contributed by atoms with Crippen LogP contribution in [-0.2, 0) is 20.4 Å².